The van der Waals surface area contributed by atoms with Gasteiger partial charge in [0.25, 0.3) is 0 Å². The smallest absolute Gasteiger partial charge is 0.168 e. The van der Waals surface area contributed by atoms with Gasteiger partial charge in [-0.25, -0.2) is 4.68 Å². The van der Waals surface area contributed by atoms with Crippen LogP contribution in [0.2, 0.25) is 15.1 Å². The third-order valence-corrected chi connectivity index (χ3v) is 7.33. The molecule has 1 atom stereocenters. The van der Waals surface area contributed by atoms with Crippen molar-refractivity contribution in [3.05, 3.63) is 68.1 Å². The Balaban J connectivity index is 1.93. The van der Waals surface area contributed by atoms with Gasteiger partial charge in [0, 0.05) is 27.1 Å². The van der Waals surface area contributed by atoms with Gasteiger partial charge in [-0.1, -0.05) is 85.5 Å². The van der Waals surface area contributed by atoms with E-state index >= 15 is 0 Å². The predicted molar refractivity (Wildman–Crippen MR) is 136 cm³/mol. The summed E-state index contributed by atoms with van der Waals surface area (Å²) in [7, 11) is 0. The van der Waals surface area contributed by atoms with Crippen LogP contribution in [0.1, 0.15) is 50.1 Å². The highest BCUT2D eigenvalue weighted by molar-refractivity contribution is 7.14. The van der Waals surface area contributed by atoms with E-state index in [9.17, 15) is 0 Å². The first kappa shape index (κ1) is 23.2. The summed E-state index contributed by atoms with van der Waals surface area (Å²) in [5.74, 6) is 0.375. The van der Waals surface area contributed by atoms with E-state index in [0.717, 1.165) is 57.5 Å². The Bertz CT molecular complexity index is 1230. The van der Waals surface area contributed by atoms with Crippen LogP contribution in [0.5, 0.6) is 0 Å². The van der Waals surface area contributed by atoms with Gasteiger partial charge in [0.15, 0.2) is 5.01 Å². The lowest BCUT2D eigenvalue weighted by molar-refractivity contribution is 0.654. The molecule has 0 aliphatic rings. The van der Waals surface area contributed by atoms with Gasteiger partial charge in [0.1, 0.15) is 10.7 Å². The summed E-state index contributed by atoms with van der Waals surface area (Å²) < 4.78 is 1.88. The van der Waals surface area contributed by atoms with Crippen molar-refractivity contribution in [3.8, 4) is 27.6 Å². The first-order valence-electron chi connectivity index (χ1n) is 10.6. The minimum atomic E-state index is 0.375. The Labute approximate surface area is 207 Å². The summed E-state index contributed by atoms with van der Waals surface area (Å²) in [5.41, 5.74) is 4.63. The Hall–Kier alpha value is -1.92. The fourth-order valence-electron chi connectivity index (χ4n) is 3.77. The molecule has 0 aliphatic heterocycles. The summed E-state index contributed by atoms with van der Waals surface area (Å²) >= 11 is 20.5. The SMILES string of the molecule is CCCC(C)c1nnc(-c2nn(-c3ccc(Cl)cc3Cl)c(-c3ccc(Cl)cc3)c2CC)s1. The van der Waals surface area contributed by atoms with Crippen LogP contribution in [0.3, 0.4) is 0 Å². The number of halogens is 3. The second-order valence-electron chi connectivity index (χ2n) is 7.68. The summed E-state index contributed by atoms with van der Waals surface area (Å²) in [5, 5.41) is 17.6. The molecule has 32 heavy (non-hydrogen) atoms. The number of hydrogen-bond acceptors (Lipinski definition) is 4. The van der Waals surface area contributed by atoms with Gasteiger partial charge < -0.3 is 0 Å². The topological polar surface area (TPSA) is 43.6 Å². The van der Waals surface area contributed by atoms with Crippen LogP contribution in [-0.4, -0.2) is 20.0 Å². The van der Waals surface area contributed by atoms with E-state index in [2.05, 4.69) is 31.0 Å². The van der Waals surface area contributed by atoms with Crippen LogP contribution in [-0.2, 0) is 6.42 Å². The zero-order valence-electron chi connectivity index (χ0n) is 18.1. The van der Waals surface area contributed by atoms with E-state index in [4.69, 9.17) is 39.9 Å². The molecule has 4 nitrogen and oxygen atoms in total. The fourth-order valence-corrected chi connectivity index (χ4v) is 5.33. The fraction of sp³-hybridized carbons (Fsp3) is 0.292. The molecule has 8 heteroatoms. The van der Waals surface area contributed by atoms with Crippen molar-refractivity contribution in [1.29, 1.82) is 0 Å². The van der Waals surface area contributed by atoms with Gasteiger partial charge in [-0.15, -0.1) is 10.2 Å². The number of benzene rings is 2. The zero-order chi connectivity index (χ0) is 22.8. The Morgan fingerprint density at radius 3 is 2.34 bits per heavy atom. The second-order valence-corrected chi connectivity index (χ2v) is 9.97. The van der Waals surface area contributed by atoms with E-state index in [-0.39, 0.29) is 0 Å². The van der Waals surface area contributed by atoms with E-state index in [0.29, 0.717) is 21.0 Å². The molecular weight excluding hydrogens is 483 g/mol. The van der Waals surface area contributed by atoms with Gasteiger partial charge in [-0.2, -0.15) is 5.10 Å². The standard InChI is InChI=1S/C24H23Cl3N4S/c1-4-6-14(3)23-28-29-24(32-23)21-18(5-2)22(15-7-9-16(25)10-8-15)31(30-21)20-12-11-17(26)13-19(20)27/h7-14H,4-6H2,1-3H3. The van der Waals surface area contributed by atoms with E-state index < -0.39 is 0 Å². The normalized spacial score (nSPS) is 12.3. The van der Waals surface area contributed by atoms with Crippen molar-refractivity contribution < 1.29 is 0 Å². The summed E-state index contributed by atoms with van der Waals surface area (Å²) in [4.78, 5) is 0. The molecule has 4 aromatic rings. The van der Waals surface area contributed by atoms with E-state index in [1.807, 2.05) is 41.1 Å². The van der Waals surface area contributed by atoms with Crippen molar-refractivity contribution in [1.82, 2.24) is 20.0 Å². The molecule has 2 aromatic heterocycles. The third kappa shape index (κ3) is 4.58. The molecule has 0 bridgehead atoms. The van der Waals surface area contributed by atoms with Crippen LogP contribution in [0, 0.1) is 0 Å². The highest BCUT2D eigenvalue weighted by Crippen LogP contribution is 2.39. The van der Waals surface area contributed by atoms with Crippen molar-refractivity contribution >= 4 is 46.1 Å². The maximum absolute atomic E-state index is 6.59. The largest absolute Gasteiger partial charge is 0.231 e. The van der Waals surface area contributed by atoms with Gasteiger partial charge in [0.05, 0.1) is 16.4 Å². The molecule has 0 N–H and O–H groups in total. The minimum absolute atomic E-state index is 0.375. The monoisotopic (exact) mass is 504 g/mol. The molecule has 0 spiro atoms. The van der Waals surface area contributed by atoms with Crippen LogP contribution in [0.15, 0.2) is 42.5 Å². The van der Waals surface area contributed by atoms with Crippen molar-refractivity contribution in [3.63, 3.8) is 0 Å². The molecule has 0 aliphatic carbocycles. The van der Waals surface area contributed by atoms with Crippen LogP contribution >= 0.6 is 46.1 Å². The van der Waals surface area contributed by atoms with Gasteiger partial charge in [-0.3, -0.25) is 0 Å². The minimum Gasteiger partial charge on any atom is -0.231 e. The molecule has 1 unspecified atom stereocenters. The van der Waals surface area contributed by atoms with Crippen LogP contribution in [0.4, 0.5) is 0 Å². The highest BCUT2D eigenvalue weighted by Gasteiger charge is 2.24. The third-order valence-electron chi connectivity index (χ3n) is 5.38. The zero-order valence-corrected chi connectivity index (χ0v) is 21.2. The highest BCUT2D eigenvalue weighted by atomic mass is 35.5. The van der Waals surface area contributed by atoms with Gasteiger partial charge in [-0.05, 0) is 43.2 Å². The van der Waals surface area contributed by atoms with Gasteiger partial charge in [0.2, 0.25) is 0 Å². The summed E-state index contributed by atoms with van der Waals surface area (Å²) in [6.45, 7) is 6.50. The van der Waals surface area contributed by atoms with Crippen LogP contribution < -0.4 is 0 Å². The Morgan fingerprint density at radius 1 is 0.969 bits per heavy atom. The van der Waals surface area contributed by atoms with Crippen LogP contribution in [0.25, 0.3) is 27.6 Å². The lowest BCUT2D eigenvalue weighted by Gasteiger charge is -2.11. The maximum atomic E-state index is 6.59. The first-order valence-corrected chi connectivity index (χ1v) is 12.5. The number of nitrogens with zero attached hydrogens (tertiary/aromatic N) is 4. The average molecular weight is 506 g/mol. The second kappa shape index (κ2) is 9.92. The molecule has 4 rings (SSSR count). The average Bonchev–Trinajstić information content (AvgIpc) is 3.39. The lowest BCUT2D eigenvalue weighted by Crippen LogP contribution is -2.01. The first-order chi connectivity index (χ1) is 15.4. The quantitative estimate of drug-likeness (QED) is 0.253. The molecular formula is C24H23Cl3N4S. The molecule has 2 aromatic carbocycles. The number of rotatable bonds is 7. The summed E-state index contributed by atoms with van der Waals surface area (Å²) in [6, 6.07) is 13.2. The van der Waals surface area contributed by atoms with E-state index in [1.165, 1.54) is 0 Å². The summed E-state index contributed by atoms with van der Waals surface area (Å²) in [6.07, 6.45) is 2.97. The van der Waals surface area contributed by atoms with Crippen molar-refractivity contribution in [2.24, 2.45) is 0 Å². The molecule has 2 heterocycles. The van der Waals surface area contributed by atoms with E-state index in [1.54, 1.807) is 17.4 Å². The predicted octanol–water partition coefficient (Wildman–Crippen LogP) is 8.48. The van der Waals surface area contributed by atoms with Crippen molar-refractivity contribution in [2.45, 2.75) is 46.0 Å². The molecule has 166 valence electrons. The van der Waals surface area contributed by atoms with Crippen molar-refractivity contribution in [2.75, 3.05) is 0 Å². The number of aromatic nitrogens is 4. The van der Waals surface area contributed by atoms with Gasteiger partial charge >= 0.3 is 0 Å². The molecule has 0 fully saturated rings. The Kier molecular flexibility index (Phi) is 7.21. The number of hydrogen-bond donors (Lipinski definition) is 0. The maximum Gasteiger partial charge on any atom is 0.168 e. The molecule has 0 radical (unpaired) electrons. The molecule has 0 saturated carbocycles. The molecule has 0 amide bonds. The molecule has 0 saturated heterocycles. The lowest BCUT2D eigenvalue weighted by atomic mass is 10.0. The Morgan fingerprint density at radius 2 is 1.69 bits per heavy atom.